The van der Waals surface area contributed by atoms with E-state index >= 15 is 0 Å². The molecule has 0 fully saturated rings. The molecule has 0 saturated heterocycles. The van der Waals surface area contributed by atoms with Crippen molar-refractivity contribution in [1.82, 2.24) is 34.3 Å². The van der Waals surface area contributed by atoms with Crippen molar-refractivity contribution in [3.05, 3.63) is 28.5 Å². The van der Waals surface area contributed by atoms with Crippen LogP contribution < -0.4 is 0 Å². The van der Waals surface area contributed by atoms with Crippen LogP contribution in [0.25, 0.3) is 27.4 Å². The first-order valence-electron chi connectivity index (χ1n) is 9.21. The number of aryl methyl sites for hydroxylation is 2. The maximum Gasteiger partial charge on any atom is 0.433 e. The van der Waals surface area contributed by atoms with Gasteiger partial charge in [0.25, 0.3) is 5.91 Å². The predicted octanol–water partition coefficient (Wildman–Crippen LogP) is 3.55. The zero-order chi connectivity index (χ0) is 21.8. The third-order valence-corrected chi connectivity index (χ3v) is 6.10. The smallest absolute Gasteiger partial charge is 0.338 e. The van der Waals surface area contributed by atoms with Crippen molar-refractivity contribution < 1.29 is 18.0 Å². The van der Waals surface area contributed by atoms with Crippen molar-refractivity contribution in [3.8, 4) is 11.5 Å². The molecule has 0 aliphatic carbocycles. The molecule has 0 unspecified atom stereocenters. The molecule has 0 atom stereocenters. The summed E-state index contributed by atoms with van der Waals surface area (Å²) in [5.74, 6) is -0.0319. The Bertz CT molecular complexity index is 1270. The van der Waals surface area contributed by atoms with Crippen LogP contribution >= 0.6 is 11.3 Å². The van der Waals surface area contributed by atoms with Crippen LogP contribution in [-0.2, 0) is 13.2 Å². The summed E-state index contributed by atoms with van der Waals surface area (Å²) in [6.07, 6.45) is -3.10. The molecule has 0 bridgehead atoms. The number of hydrogen-bond donors (Lipinski definition) is 0. The molecule has 4 aromatic heterocycles. The van der Waals surface area contributed by atoms with Crippen LogP contribution in [0, 0.1) is 6.92 Å². The average molecular weight is 437 g/mol. The number of carbonyl (C=O) groups excluding carboxylic acids is 1. The van der Waals surface area contributed by atoms with E-state index in [-0.39, 0.29) is 17.4 Å². The molecule has 30 heavy (non-hydrogen) atoms. The standard InChI is InChI=1S/C18H18F3N7OS/c1-5-27(6-2)17(29)13-9(3)12-15-23-14(25-28(15)8-22-16(12)30-13)10-7-11(18(19,20)21)26(4)24-10/h7-8H,5-6H2,1-4H3. The lowest BCUT2D eigenvalue weighted by molar-refractivity contribution is -0.143. The van der Waals surface area contributed by atoms with Gasteiger partial charge in [-0.1, -0.05) is 0 Å². The number of hydrogen-bond acceptors (Lipinski definition) is 6. The Morgan fingerprint density at radius 1 is 1.23 bits per heavy atom. The molecule has 0 N–H and O–H groups in total. The van der Waals surface area contributed by atoms with Crippen LogP contribution in [0.1, 0.15) is 34.8 Å². The van der Waals surface area contributed by atoms with Crippen molar-refractivity contribution in [2.75, 3.05) is 13.1 Å². The molecule has 0 radical (unpaired) electrons. The van der Waals surface area contributed by atoms with Gasteiger partial charge in [0.1, 0.15) is 22.5 Å². The maximum atomic E-state index is 13.1. The van der Waals surface area contributed by atoms with Gasteiger partial charge in [-0.15, -0.1) is 16.4 Å². The second-order valence-corrected chi connectivity index (χ2v) is 7.70. The van der Waals surface area contributed by atoms with E-state index < -0.39 is 11.9 Å². The largest absolute Gasteiger partial charge is 0.433 e. The first kappa shape index (κ1) is 20.3. The summed E-state index contributed by atoms with van der Waals surface area (Å²) in [4.78, 5) is 24.5. The van der Waals surface area contributed by atoms with Gasteiger partial charge in [-0.05, 0) is 32.4 Å². The van der Waals surface area contributed by atoms with Gasteiger partial charge in [-0.2, -0.15) is 18.3 Å². The number of carbonyl (C=O) groups is 1. The minimum absolute atomic E-state index is 0.00833. The van der Waals surface area contributed by atoms with Crippen molar-refractivity contribution in [2.45, 2.75) is 26.9 Å². The number of nitrogens with zero attached hydrogens (tertiary/aromatic N) is 7. The third kappa shape index (κ3) is 3.11. The maximum absolute atomic E-state index is 13.1. The first-order chi connectivity index (χ1) is 14.2. The summed E-state index contributed by atoms with van der Waals surface area (Å²) in [5.41, 5.74) is 0.259. The number of amides is 1. The Balaban J connectivity index is 1.86. The molecule has 158 valence electrons. The summed E-state index contributed by atoms with van der Waals surface area (Å²) < 4.78 is 41.4. The molecule has 4 aromatic rings. The predicted molar refractivity (Wildman–Crippen MR) is 105 cm³/mol. The molecule has 0 aliphatic rings. The zero-order valence-electron chi connectivity index (χ0n) is 16.6. The molecule has 8 nitrogen and oxygen atoms in total. The van der Waals surface area contributed by atoms with Crippen LogP contribution in [0.15, 0.2) is 12.4 Å². The van der Waals surface area contributed by atoms with Crippen molar-refractivity contribution in [1.29, 1.82) is 0 Å². The first-order valence-corrected chi connectivity index (χ1v) is 10.0. The van der Waals surface area contributed by atoms with E-state index in [0.717, 1.165) is 16.3 Å². The molecule has 4 rings (SSSR count). The monoisotopic (exact) mass is 437 g/mol. The van der Waals surface area contributed by atoms with Crippen molar-refractivity contribution in [3.63, 3.8) is 0 Å². The minimum Gasteiger partial charge on any atom is -0.338 e. The number of fused-ring (bicyclic) bond motifs is 3. The van der Waals surface area contributed by atoms with E-state index in [2.05, 4.69) is 20.2 Å². The van der Waals surface area contributed by atoms with E-state index in [0.29, 0.717) is 33.8 Å². The summed E-state index contributed by atoms with van der Waals surface area (Å²) in [6.45, 7) is 6.80. The van der Waals surface area contributed by atoms with E-state index in [9.17, 15) is 18.0 Å². The van der Waals surface area contributed by atoms with Gasteiger partial charge >= 0.3 is 6.18 Å². The zero-order valence-corrected chi connectivity index (χ0v) is 17.5. The highest BCUT2D eigenvalue weighted by Crippen LogP contribution is 2.34. The Morgan fingerprint density at radius 3 is 2.53 bits per heavy atom. The lowest BCUT2D eigenvalue weighted by Crippen LogP contribution is -2.30. The van der Waals surface area contributed by atoms with E-state index in [1.807, 2.05) is 20.8 Å². The van der Waals surface area contributed by atoms with Crippen LogP contribution in [0.3, 0.4) is 0 Å². The molecular formula is C18H18F3N7OS. The highest BCUT2D eigenvalue weighted by Gasteiger charge is 2.35. The second-order valence-electron chi connectivity index (χ2n) is 6.70. The summed E-state index contributed by atoms with van der Waals surface area (Å²) in [6, 6.07) is 0.912. The molecular weight excluding hydrogens is 419 g/mol. The molecule has 0 aromatic carbocycles. The van der Waals surface area contributed by atoms with Crippen molar-refractivity contribution in [2.24, 2.45) is 7.05 Å². The molecule has 0 saturated carbocycles. The van der Waals surface area contributed by atoms with Crippen LogP contribution in [-0.4, -0.2) is 53.3 Å². The van der Waals surface area contributed by atoms with Gasteiger partial charge in [0.15, 0.2) is 5.65 Å². The van der Waals surface area contributed by atoms with Gasteiger partial charge < -0.3 is 4.90 Å². The summed E-state index contributed by atoms with van der Waals surface area (Å²) in [7, 11) is 1.22. The Kier molecular flexibility index (Phi) is 4.76. The molecule has 0 aliphatic heterocycles. The highest BCUT2D eigenvalue weighted by atomic mass is 32.1. The Morgan fingerprint density at radius 2 is 1.93 bits per heavy atom. The minimum atomic E-state index is -4.53. The number of rotatable bonds is 4. The third-order valence-electron chi connectivity index (χ3n) is 4.91. The average Bonchev–Trinajstić information content (AvgIpc) is 3.36. The fraction of sp³-hybridized carbons (Fsp3) is 0.389. The number of halogens is 3. The molecule has 12 heteroatoms. The van der Waals surface area contributed by atoms with Crippen molar-refractivity contribution >= 4 is 33.1 Å². The van der Waals surface area contributed by atoms with Gasteiger partial charge in [-0.3, -0.25) is 9.48 Å². The lowest BCUT2D eigenvalue weighted by Gasteiger charge is -2.17. The number of aromatic nitrogens is 6. The normalized spacial score (nSPS) is 12.2. The summed E-state index contributed by atoms with van der Waals surface area (Å²) in [5, 5.41) is 8.80. The molecule has 4 heterocycles. The van der Waals surface area contributed by atoms with E-state index in [1.165, 1.54) is 29.2 Å². The van der Waals surface area contributed by atoms with E-state index in [1.54, 1.807) is 4.90 Å². The number of alkyl halides is 3. The fourth-order valence-corrected chi connectivity index (χ4v) is 4.45. The van der Waals surface area contributed by atoms with Gasteiger partial charge in [0, 0.05) is 20.1 Å². The number of thiophene rings is 1. The molecule has 0 spiro atoms. The van der Waals surface area contributed by atoms with Gasteiger partial charge in [0.2, 0.25) is 5.82 Å². The second kappa shape index (κ2) is 7.04. The van der Waals surface area contributed by atoms with Crippen LogP contribution in [0.4, 0.5) is 13.2 Å². The van der Waals surface area contributed by atoms with Gasteiger partial charge in [0.05, 0.1) is 10.3 Å². The topological polar surface area (TPSA) is 81.2 Å². The lowest BCUT2D eigenvalue weighted by atomic mass is 10.2. The highest BCUT2D eigenvalue weighted by molar-refractivity contribution is 7.20. The van der Waals surface area contributed by atoms with Crippen LogP contribution in [0.2, 0.25) is 0 Å². The van der Waals surface area contributed by atoms with Crippen LogP contribution in [0.5, 0.6) is 0 Å². The summed E-state index contributed by atoms with van der Waals surface area (Å²) >= 11 is 1.27. The van der Waals surface area contributed by atoms with E-state index in [4.69, 9.17) is 0 Å². The Hall–Kier alpha value is -3.02. The SMILES string of the molecule is CCN(CC)C(=O)c1sc2ncn3nc(-c4cc(C(F)(F)F)n(C)n4)nc3c2c1C. The quantitative estimate of drug-likeness (QED) is 0.488. The van der Waals surface area contributed by atoms with Gasteiger partial charge in [-0.25, -0.2) is 14.5 Å². The Labute approximate surface area is 173 Å². The fourth-order valence-electron chi connectivity index (χ4n) is 3.34. The molecule has 1 amide bonds.